The van der Waals surface area contributed by atoms with Crippen molar-refractivity contribution in [2.45, 2.75) is 13.0 Å². The Balaban J connectivity index is 1.71. The molecule has 120 valence electrons. The lowest BCUT2D eigenvalue weighted by atomic mass is 10.1. The first kappa shape index (κ1) is 14.8. The molecule has 7 heteroatoms. The van der Waals surface area contributed by atoms with Gasteiger partial charge in [0.25, 0.3) is 5.56 Å². The van der Waals surface area contributed by atoms with E-state index in [1.807, 2.05) is 41.4 Å². The highest BCUT2D eigenvalue weighted by Crippen LogP contribution is 2.26. The van der Waals surface area contributed by atoms with E-state index in [1.54, 1.807) is 6.20 Å². The Morgan fingerprint density at radius 3 is 2.79 bits per heavy atom. The van der Waals surface area contributed by atoms with E-state index >= 15 is 0 Å². The molecular weight excluding hydrogens is 326 g/mol. The minimum atomic E-state index is -0.325. The van der Waals surface area contributed by atoms with Crippen LogP contribution in [0.1, 0.15) is 11.3 Å². The van der Waals surface area contributed by atoms with Crippen molar-refractivity contribution in [3.8, 4) is 5.69 Å². The summed E-state index contributed by atoms with van der Waals surface area (Å²) in [6.07, 6.45) is 5.83. The minimum absolute atomic E-state index is 0.173. The van der Waals surface area contributed by atoms with Gasteiger partial charge in [-0.2, -0.15) is 9.78 Å². The summed E-state index contributed by atoms with van der Waals surface area (Å²) in [5.41, 5.74) is 3.09. The average molecular weight is 340 g/mol. The molecule has 0 fully saturated rings. The van der Waals surface area contributed by atoms with Crippen LogP contribution in [0.15, 0.2) is 53.8 Å². The first-order chi connectivity index (χ1) is 11.7. The molecule has 0 amide bonds. The SMILES string of the molecule is O=c1c(Cl)c(N2CCc3cncnc3C2)cnn1-c1ccccc1. The van der Waals surface area contributed by atoms with Crippen molar-refractivity contribution in [1.82, 2.24) is 19.7 Å². The topological polar surface area (TPSA) is 63.9 Å². The molecule has 0 aliphatic carbocycles. The maximum atomic E-state index is 12.6. The lowest BCUT2D eigenvalue weighted by Gasteiger charge is -2.29. The van der Waals surface area contributed by atoms with Crippen molar-refractivity contribution < 1.29 is 0 Å². The van der Waals surface area contributed by atoms with Crippen LogP contribution in [-0.2, 0) is 13.0 Å². The van der Waals surface area contributed by atoms with Crippen molar-refractivity contribution in [3.63, 3.8) is 0 Å². The Morgan fingerprint density at radius 1 is 1.12 bits per heavy atom. The Morgan fingerprint density at radius 2 is 1.96 bits per heavy atom. The molecule has 0 spiro atoms. The predicted octanol–water partition coefficient (Wildman–Crippen LogP) is 2.24. The van der Waals surface area contributed by atoms with E-state index in [4.69, 9.17) is 11.6 Å². The quantitative estimate of drug-likeness (QED) is 0.716. The summed E-state index contributed by atoms with van der Waals surface area (Å²) in [4.78, 5) is 23.0. The van der Waals surface area contributed by atoms with E-state index in [0.717, 1.165) is 24.2 Å². The van der Waals surface area contributed by atoms with Gasteiger partial charge in [-0.1, -0.05) is 29.8 Å². The molecule has 0 saturated carbocycles. The highest BCUT2D eigenvalue weighted by atomic mass is 35.5. The monoisotopic (exact) mass is 339 g/mol. The fraction of sp³-hybridized carbons (Fsp3) is 0.176. The number of halogens is 1. The van der Waals surface area contributed by atoms with E-state index in [2.05, 4.69) is 15.1 Å². The van der Waals surface area contributed by atoms with E-state index in [1.165, 1.54) is 11.0 Å². The van der Waals surface area contributed by atoms with Gasteiger partial charge in [-0.3, -0.25) is 4.79 Å². The summed E-state index contributed by atoms with van der Waals surface area (Å²) in [6.45, 7) is 1.34. The first-order valence-electron chi connectivity index (χ1n) is 7.60. The van der Waals surface area contributed by atoms with Crippen LogP contribution in [-0.4, -0.2) is 26.3 Å². The molecule has 1 aliphatic heterocycles. The fourth-order valence-corrected chi connectivity index (χ4v) is 3.10. The summed E-state index contributed by atoms with van der Waals surface area (Å²) in [6, 6.07) is 9.23. The van der Waals surface area contributed by atoms with Crippen LogP contribution in [0.3, 0.4) is 0 Å². The second-order valence-corrected chi connectivity index (χ2v) is 5.94. The van der Waals surface area contributed by atoms with Gasteiger partial charge in [-0.25, -0.2) is 9.97 Å². The molecular formula is C17H14ClN5O. The zero-order chi connectivity index (χ0) is 16.5. The number of aromatic nitrogens is 4. The van der Waals surface area contributed by atoms with Crippen LogP contribution in [0.4, 0.5) is 5.69 Å². The first-order valence-corrected chi connectivity index (χ1v) is 7.98. The maximum Gasteiger partial charge on any atom is 0.292 e. The lowest BCUT2D eigenvalue weighted by Crippen LogP contribution is -2.33. The van der Waals surface area contributed by atoms with E-state index in [-0.39, 0.29) is 10.6 Å². The smallest absolute Gasteiger partial charge is 0.292 e. The molecule has 3 heterocycles. The molecule has 0 bridgehead atoms. The molecule has 2 aromatic heterocycles. The summed E-state index contributed by atoms with van der Waals surface area (Å²) < 4.78 is 1.31. The van der Waals surface area contributed by atoms with Crippen LogP contribution >= 0.6 is 11.6 Å². The highest BCUT2D eigenvalue weighted by Gasteiger charge is 2.22. The zero-order valence-corrected chi connectivity index (χ0v) is 13.5. The number of benzene rings is 1. The van der Waals surface area contributed by atoms with Gasteiger partial charge in [-0.15, -0.1) is 0 Å². The Hall–Kier alpha value is -2.73. The van der Waals surface area contributed by atoms with E-state index < -0.39 is 0 Å². The molecule has 0 radical (unpaired) electrons. The van der Waals surface area contributed by atoms with Crippen molar-refractivity contribution in [2.75, 3.05) is 11.4 Å². The molecule has 0 saturated heterocycles. The van der Waals surface area contributed by atoms with Gasteiger partial charge in [0, 0.05) is 12.7 Å². The molecule has 0 unspecified atom stereocenters. The Kier molecular flexibility index (Phi) is 3.74. The Bertz CT molecular complexity index is 941. The van der Waals surface area contributed by atoms with E-state index in [0.29, 0.717) is 17.9 Å². The third-order valence-corrected chi connectivity index (χ3v) is 4.47. The van der Waals surface area contributed by atoms with Crippen molar-refractivity contribution >= 4 is 17.3 Å². The summed E-state index contributed by atoms with van der Waals surface area (Å²) in [7, 11) is 0. The second kappa shape index (κ2) is 6.05. The van der Waals surface area contributed by atoms with Crippen LogP contribution in [0.5, 0.6) is 0 Å². The summed E-state index contributed by atoms with van der Waals surface area (Å²) >= 11 is 6.36. The van der Waals surface area contributed by atoms with Crippen LogP contribution in [0, 0.1) is 0 Å². The number of hydrogen-bond donors (Lipinski definition) is 0. The van der Waals surface area contributed by atoms with Crippen LogP contribution in [0.2, 0.25) is 5.02 Å². The van der Waals surface area contributed by atoms with Crippen molar-refractivity contribution in [3.05, 3.63) is 75.7 Å². The molecule has 24 heavy (non-hydrogen) atoms. The predicted molar refractivity (Wildman–Crippen MR) is 91.6 cm³/mol. The average Bonchev–Trinajstić information content (AvgIpc) is 2.64. The highest BCUT2D eigenvalue weighted by molar-refractivity contribution is 6.33. The molecule has 1 aromatic carbocycles. The molecule has 0 atom stereocenters. The number of fused-ring (bicyclic) bond motifs is 1. The molecule has 6 nitrogen and oxygen atoms in total. The Labute approximate surface area is 143 Å². The fourth-order valence-electron chi connectivity index (χ4n) is 2.85. The van der Waals surface area contributed by atoms with E-state index in [9.17, 15) is 4.79 Å². The summed E-state index contributed by atoms with van der Waals surface area (Å²) in [5, 5.41) is 4.46. The maximum absolute atomic E-state index is 12.6. The molecule has 0 N–H and O–H groups in total. The van der Waals surface area contributed by atoms with Gasteiger partial charge < -0.3 is 4.90 Å². The van der Waals surface area contributed by atoms with Gasteiger partial charge in [0.1, 0.15) is 11.3 Å². The van der Waals surface area contributed by atoms with Crippen molar-refractivity contribution in [1.29, 1.82) is 0 Å². The van der Waals surface area contributed by atoms with Crippen molar-refractivity contribution in [2.24, 2.45) is 0 Å². The second-order valence-electron chi connectivity index (χ2n) is 5.56. The lowest BCUT2D eigenvalue weighted by molar-refractivity contribution is 0.694. The number of para-hydroxylation sites is 1. The zero-order valence-electron chi connectivity index (χ0n) is 12.8. The number of hydrogen-bond acceptors (Lipinski definition) is 5. The largest absolute Gasteiger partial charge is 0.363 e. The number of nitrogens with zero attached hydrogens (tertiary/aromatic N) is 5. The normalized spacial score (nSPS) is 13.6. The van der Waals surface area contributed by atoms with Crippen LogP contribution < -0.4 is 10.5 Å². The van der Waals surface area contributed by atoms with Gasteiger partial charge in [0.05, 0.1) is 29.8 Å². The standard InChI is InChI=1S/C17H14ClN5O/c18-16-15(22-7-6-12-8-19-11-20-14(12)10-22)9-21-23(17(16)24)13-4-2-1-3-5-13/h1-5,8-9,11H,6-7,10H2. The minimum Gasteiger partial charge on any atom is -0.363 e. The molecule has 4 rings (SSSR count). The van der Waals surface area contributed by atoms with Gasteiger partial charge in [-0.05, 0) is 24.1 Å². The van der Waals surface area contributed by atoms with Gasteiger partial charge in [0.2, 0.25) is 0 Å². The number of rotatable bonds is 2. The van der Waals surface area contributed by atoms with Crippen LogP contribution in [0.25, 0.3) is 5.69 Å². The summed E-state index contributed by atoms with van der Waals surface area (Å²) in [5.74, 6) is 0. The van der Waals surface area contributed by atoms with Gasteiger partial charge in [0.15, 0.2) is 0 Å². The molecule has 1 aliphatic rings. The van der Waals surface area contributed by atoms with Gasteiger partial charge >= 0.3 is 0 Å². The number of anilines is 1. The third kappa shape index (κ3) is 2.55. The third-order valence-electron chi connectivity index (χ3n) is 4.11. The molecule has 3 aromatic rings.